The molecule has 1 heterocycles. The predicted molar refractivity (Wildman–Crippen MR) is 130 cm³/mol. The van der Waals surface area contributed by atoms with Crippen molar-refractivity contribution >= 4 is 60.6 Å². The zero-order valence-corrected chi connectivity index (χ0v) is 21.1. The van der Waals surface area contributed by atoms with Gasteiger partial charge in [-0.3, -0.25) is 4.79 Å². The second-order valence-corrected chi connectivity index (χ2v) is 10.2. The van der Waals surface area contributed by atoms with E-state index in [1.54, 1.807) is 18.3 Å². The lowest BCUT2D eigenvalue weighted by Crippen LogP contribution is -2.22. The first-order chi connectivity index (χ1) is 14.1. The van der Waals surface area contributed by atoms with Gasteiger partial charge in [0.1, 0.15) is 5.82 Å². The van der Waals surface area contributed by atoms with Crippen molar-refractivity contribution in [2.75, 3.05) is 6.61 Å². The number of aromatic nitrogens is 2. The van der Waals surface area contributed by atoms with Gasteiger partial charge in [0.05, 0.1) is 33.2 Å². The molecule has 0 saturated heterocycles. The van der Waals surface area contributed by atoms with Gasteiger partial charge in [0.2, 0.25) is 0 Å². The number of halogens is 3. The molecule has 0 radical (unpaired) electrons. The lowest BCUT2D eigenvalue weighted by atomic mass is 9.99. The minimum atomic E-state index is -0.218. The zero-order valence-electron chi connectivity index (χ0n) is 17.2. The molecule has 0 spiro atoms. The van der Waals surface area contributed by atoms with Gasteiger partial charge in [0, 0.05) is 10.9 Å². The van der Waals surface area contributed by atoms with Crippen LogP contribution < -0.4 is 10.3 Å². The van der Waals surface area contributed by atoms with Crippen molar-refractivity contribution in [3.63, 3.8) is 0 Å². The van der Waals surface area contributed by atoms with Gasteiger partial charge in [-0.1, -0.05) is 55.2 Å². The quantitative estimate of drug-likeness (QED) is 0.340. The minimum Gasteiger partial charge on any atom is -0.490 e. The van der Waals surface area contributed by atoms with E-state index in [9.17, 15) is 4.79 Å². The molecule has 0 aliphatic heterocycles. The Kier molecular flexibility index (Phi) is 7.05. The second kappa shape index (κ2) is 9.20. The first-order valence-corrected chi connectivity index (χ1v) is 11.4. The number of hydrogen-bond donors (Lipinski definition) is 0. The average molecular weight is 556 g/mol. The summed E-state index contributed by atoms with van der Waals surface area (Å²) >= 11 is 13.3. The third-order valence-corrected chi connectivity index (χ3v) is 5.55. The molecule has 0 amide bonds. The maximum Gasteiger partial charge on any atom is 0.282 e. The first-order valence-electron chi connectivity index (χ1n) is 9.46. The average Bonchev–Trinajstić information content (AvgIpc) is 2.66. The topological polar surface area (TPSA) is 56.5 Å². The molecule has 2 aromatic carbocycles. The molecule has 0 bridgehead atoms. The molecule has 3 aromatic rings. The molecule has 0 saturated carbocycles. The Bertz CT molecular complexity index is 1160. The molecular formula is C22H22Br2ClN3O2. The van der Waals surface area contributed by atoms with Crippen molar-refractivity contribution in [2.24, 2.45) is 10.5 Å². The largest absolute Gasteiger partial charge is 0.490 e. The molecule has 8 heteroatoms. The van der Waals surface area contributed by atoms with Crippen LogP contribution in [0.15, 0.2) is 49.2 Å². The summed E-state index contributed by atoms with van der Waals surface area (Å²) in [7, 11) is 0. The maximum atomic E-state index is 13.0. The Hall–Kier alpha value is -1.70. The molecule has 0 fully saturated rings. The van der Waals surface area contributed by atoms with Crippen molar-refractivity contribution in [2.45, 2.75) is 34.1 Å². The van der Waals surface area contributed by atoms with E-state index in [0.717, 1.165) is 14.5 Å². The number of ether oxygens (including phenoxy) is 1. The minimum absolute atomic E-state index is 0.0126. The third kappa shape index (κ3) is 5.31. The van der Waals surface area contributed by atoms with Crippen LogP contribution in [0.25, 0.3) is 10.9 Å². The molecule has 3 rings (SSSR count). The van der Waals surface area contributed by atoms with Crippen molar-refractivity contribution in [1.82, 2.24) is 9.66 Å². The SMILES string of the molecule is CCc1nc2ccc(Br)cc2c(=O)n1N=Cc1cc(Cl)c(OCC(C)(C)C)c(Br)c1. The van der Waals surface area contributed by atoms with Crippen molar-refractivity contribution in [1.29, 1.82) is 0 Å². The van der Waals surface area contributed by atoms with Gasteiger partial charge in [-0.15, -0.1) is 0 Å². The summed E-state index contributed by atoms with van der Waals surface area (Å²) in [6.45, 7) is 8.75. The third-order valence-electron chi connectivity index (χ3n) is 4.18. The summed E-state index contributed by atoms with van der Waals surface area (Å²) in [5.41, 5.74) is 1.18. The van der Waals surface area contributed by atoms with Crippen LogP contribution in [-0.4, -0.2) is 22.5 Å². The van der Waals surface area contributed by atoms with Gasteiger partial charge in [-0.05, 0) is 57.2 Å². The zero-order chi connectivity index (χ0) is 22.1. The van der Waals surface area contributed by atoms with Gasteiger partial charge in [-0.25, -0.2) is 4.98 Å². The van der Waals surface area contributed by atoms with Crippen molar-refractivity contribution < 1.29 is 4.74 Å². The van der Waals surface area contributed by atoms with E-state index in [1.165, 1.54) is 4.68 Å². The molecule has 158 valence electrons. The number of benzene rings is 2. The number of rotatable bonds is 5. The van der Waals surface area contributed by atoms with Gasteiger partial charge >= 0.3 is 0 Å². The summed E-state index contributed by atoms with van der Waals surface area (Å²) in [5, 5.41) is 5.38. The number of nitrogens with zero attached hydrogens (tertiary/aromatic N) is 3. The maximum absolute atomic E-state index is 13.0. The summed E-state index contributed by atoms with van der Waals surface area (Å²) in [6, 6.07) is 9.06. The number of fused-ring (bicyclic) bond motifs is 1. The van der Waals surface area contributed by atoms with Crippen LogP contribution in [0.5, 0.6) is 5.75 Å². The van der Waals surface area contributed by atoms with E-state index in [-0.39, 0.29) is 11.0 Å². The highest BCUT2D eigenvalue weighted by molar-refractivity contribution is 9.10. The Morgan fingerprint density at radius 1 is 1.23 bits per heavy atom. The van der Waals surface area contributed by atoms with Gasteiger partial charge in [0.15, 0.2) is 5.75 Å². The van der Waals surface area contributed by atoms with Crippen LogP contribution in [0.2, 0.25) is 5.02 Å². The van der Waals surface area contributed by atoms with Crippen LogP contribution in [0, 0.1) is 5.41 Å². The second-order valence-electron chi connectivity index (χ2n) is 8.07. The lowest BCUT2D eigenvalue weighted by molar-refractivity contribution is 0.197. The van der Waals surface area contributed by atoms with E-state index in [2.05, 4.69) is 62.7 Å². The Morgan fingerprint density at radius 2 is 1.97 bits per heavy atom. The van der Waals surface area contributed by atoms with Gasteiger partial charge < -0.3 is 4.74 Å². The van der Waals surface area contributed by atoms with Crippen LogP contribution >= 0.6 is 43.5 Å². The molecule has 0 N–H and O–H groups in total. The number of aryl methyl sites for hydroxylation is 1. The van der Waals surface area contributed by atoms with Gasteiger partial charge in [-0.2, -0.15) is 9.78 Å². The van der Waals surface area contributed by atoms with Crippen molar-refractivity contribution in [3.05, 3.63) is 66.0 Å². The summed E-state index contributed by atoms with van der Waals surface area (Å²) in [4.78, 5) is 17.6. The first kappa shape index (κ1) is 23.0. The smallest absolute Gasteiger partial charge is 0.282 e. The van der Waals surface area contributed by atoms with E-state index >= 15 is 0 Å². The van der Waals surface area contributed by atoms with E-state index < -0.39 is 0 Å². The molecule has 5 nitrogen and oxygen atoms in total. The Labute approximate surface area is 197 Å². The van der Waals surface area contributed by atoms with E-state index in [1.807, 2.05) is 25.1 Å². The normalized spacial score (nSPS) is 12.1. The van der Waals surface area contributed by atoms with Crippen molar-refractivity contribution in [3.8, 4) is 5.75 Å². The highest BCUT2D eigenvalue weighted by atomic mass is 79.9. The van der Waals surface area contributed by atoms with Crippen LogP contribution in [0.1, 0.15) is 39.1 Å². The van der Waals surface area contributed by atoms with Crippen LogP contribution in [0.3, 0.4) is 0 Å². The van der Waals surface area contributed by atoms with E-state index in [0.29, 0.717) is 40.5 Å². The fourth-order valence-corrected chi connectivity index (χ4v) is 4.10. The van der Waals surface area contributed by atoms with E-state index in [4.69, 9.17) is 16.3 Å². The highest BCUT2D eigenvalue weighted by Crippen LogP contribution is 2.35. The Morgan fingerprint density at radius 3 is 2.60 bits per heavy atom. The monoisotopic (exact) mass is 553 g/mol. The van der Waals surface area contributed by atoms with Crippen LogP contribution in [-0.2, 0) is 6.42 Å². The molecular weight excluding hydrogens is 534 g/mol. The highest BCUT2D eigenvalue weighted by Gasteiger charge is 2.15. The molecule has 30 heavy (non-hydrogen) atoms. The van der Waals surface area contributed by atoms with Crippen LogP contribution in [0.4, 0.5) is 0 Å². The summed E-state index contributed by atoms with van der Waals surface area (Å²) in [6.07, 6.45) is 2.17. The standard InChI is InChI=1S/C22H22Br2ClN3O2/c1-5-19-27-18-7-6-14(23)10-15(18)21(29)28(19)26-11-13-8-16(24)20(17(25)9-13)30-12-22(2,3)4/h6-11H,5,12H2,1-4H3. The summed E-state index contributed by atoms with van der Waals surface area (Å²) in [5.74, 6) is 1.17. The molecule has 0 atom stereocenters. The molecule has 0 aliphatic carbocycles. The summed E-state index contributed by atoms with van der Waals surface area (Å²) < 4.78 is 8.75. The molecule has 1 aromatic heterocycles. The molecule has 0 aliphatic rings. The van der Waals surface area contributed by atoms with Gasteiger partial charge in [0.25, 0.3) is 5.56 Å². The Balaban J connectivity index is 1.98. The fourth-order valence-electron chi connectivity index (χ4n) is 2.75. The lowest BCUT2D eigenvalue weighted by Gasteiger charge is -2.20. The fraction of sp³-hybridized carbons (Fsp3) is 0.318. The number of hydrogen-bond acceptors (Lipinski definition) is 4. The predicted octanol–water partition coefficient (Wildman–Crippen LogP) is 6.44. The molecule has 0 unspecified atom stereocenters.